The predicted octanol–water partition coefficient (Wildman–Crippen LogP) is 26.1. The van der Waals surface area contributed by atoms with E-state index in [4.69, 9.17) is 14.2 Å². The Morgan fingerprint density at radius 2 is 0.398 bits per heavy atom. The molecule has 6 heteroatoms. The highest BCUT2D eigenvalue weighted by Crippen LogP contribution is 2.19. The molecular formula is C77H146O6. The third kappa shape index (κ3) is 70.5. The van der Waals surface area contributed by atoms with E-state index in [-0.39, 0.29) is 31.1 Å². The topological polar surface area (TPSA) is 78.9 Å². The normalized spacial score (nSPS) is 12.1. The Morgan fingerprint density at radius 1 is 0.229 bits per heavy atom. The molecule has 0 rings (SSSR count). The van der Waals surface area contributed by atoms with Gasteiger partial charge in [-0.3, -0.25) is 14.4 Å². The molecule has 0 aromatic rings. The highest BCUT2D eigenvalue weighted by Gasteiger charge is 2.20. The van der Waals surface area contributed by atoms with Gasteiger partial charge in [-0.2, -0.15) is 0 Å². The Morgan fingerprint density at radius 3 is 0.602 bits per heavy atom. The van der Waals surface area contributed by atoms with Crippen molar-refractivity contribution in [1.82, 2.24) is 0 Å². The summed E-state index contributed by atoms with van der Waals surface area (Å²) in [6.07, 6.45) is 89.3. The molecule has 1 atom stereocenters. The van der Waals surface area contributed by atoms with Crippen molar-refractivity contribution >= 4 is 17.9 Å². The van der Waals surface area contributed by atoms with Gasteiger partial charge in [0.05, 0.1) is 0 Å². The lowest BCUT2D eigenvalue weighted by atomic mass is 10.0. The monoisotopic (exact) mass is 1170 g/mol. The van der Waals surface area contributed by atoms with Gasteiger partial charge in [-0.15, -0.1) is 0 Å². The van der Waals surface area contributed by atoms with Gasteiger partial charge < -0.3 is 14.2 Å². The number of hydrogen-bond acceptors (Lipinski definition) is 6. The Hall–Kier alpha value is -2.11. The highest BCUT2D eigenvalue weighted by atomic mass is 16.6. The first-order valence-electron chi connectivity index (χ1n) is 37.8. The zero-order valence-corrected chi connectivity index (χ0v) is 56.5. The van der Waals surface area contributed by atoms with E-state index >= 15 is 0 Å². The fraction of sp³-hybridized carbons (Fsp3) is 0.909. The second kappa shape index (κ2) is 72.4. The van der Waals surface area contributed by atoms with E-state index in [0.29, 0.717) is 19.3 Å². The van der Waals surface area contributed by atoms with E-state index in [1.165, 1.54) is 334 Å². The molecule has 0 heterocycles. The summed E-state index contributed by atoms with van der Waals surface area (Å²) in [5.41, 5.74) is 0. The van der Waals surface area contributed by atoms with Gasteiger partial charge in [0.1, 0.15) is 13.2 Å². The van der Waals surface area contributed by atoms with Gasteiger partial charge in [-0.05, 0) is 70.6 Å². The summed E-state index contributed by atoms with van der Waals surface area (Å²) in [6.45, 7) is 6.73. The van der Waals surface area contributed by atoms with Crippen molar-refractivity contribution in [3.63, 3.8) is 0 Å². The number of carbonyl (C=O) groups excluding carboxylic acids is 3. The first-order valence-corrected chi connectivity index (χ1v) is 37.8. The first kappa shape index (κ1) is 80.9. The van der Waals surface area contributed by atoms with Crippen LogP contribution >= 0.6 is 0 Å². The molecule has 0 N–H and O–H groups in total. The molecule has 0 radical (unpaired) electrons. The summed E-state index contributed by atoms with van der Waals surface area (Å²) < 4.78 is 17.1. The van der Waals surface area contributed by atoms with Crippen LogP contribution in [0.4, 0.5) is 0 Å². The maximum absolute atomic E-state index is 13.0. The molecule has 0 saturated heterocycles. The zero-order valence-electron chi connectivity index (χ0n) is 56.5. The molecule has 0 aromatic carbocycles. The third-order valence-corrected chi connectivity index (χ3v) is 17.4. The van der Waals surface area contributed by atoms with Crippen LogP contribution in [0, 0.1) is 0 Å². The van der Waals surface area contributed by atoms with Gasteiger partial charge in [0.2, 0.25) is 0 Å². The number of allylic oxidation sites excluding steroid dienone is 4. The van der Waals surface area contributed by atoms with Crippen molar-refractivity contribution in [2.24, 2.45) is 0 Å². The molecule has 83 heavy (non-hydrogen) atoms. The number of hydrogen-bond donors (Lipinski definition) is 0. The summed E-state index contributed by atoms with van der Waals surface area (Å²) in [7, 11) is 0. The van der Waals surface area contributed by atoms with Crippen LogP contribution in [0.15, 0.2) is 24.3 Å². The standard InChI is InChI=1S/C77H146O6/c1-4-7-10-13-16-19-22-25-28-31-33-35-36-37-38-39-40-42-43-46-49-52-55-58-61-64-67-70-76(79)82-73-74(72-81-75(78)69-66-63-60-57-54-51-48-45-30-27-24-21-18-15-12-9-6-3)83-77(80)71-68-65-62-59-56-53-50-47-44-41-34-32-29-26-23-20-17-14-11-8-5-2/h31-34,74H,4-30,35-73H2,1-3H3/b33-31-,34-32-. The zero-order chi connectivity index (χ0) is 59.9. The van der Waals surface area contributed by atoms with Gasteiger partial charge in [0.15, 0.2) is 6.10 Å². The maximum Gasteiger partial charge on any atom is 0.306 e. The van der Waals surface area contributed by atoms with Gasteiger partial charge in [-0.25, -0.2) is 0 Å². The van der Waals surface area contributed by atoms with Crippen LogP contribution in [0.1, 0.15) is 432 Å². The molecule has 0 aliphatic heterocycles. The van der Waals surface area contributed by atoms with Crippen LogP contribution in [0.2, 0.25) is 0 Å². The van der Waals surface area contributed by atoms with Crippen molar-refractivity contribution in [1.29, 1.82) is 0 Å². The van der Waals surface area contributed by atoms with Crippen LogP contribution < -0.4 is 0 Å². The van der Waals surface area contributed by atoms with Crippen molar-refractivity contribution in [2.75, 3.05) is 13.2 Å². The SMILES string of the molecule is CCCCCCCCCC/C=C\CCCCCCCCCCCCCCCCCC(=O)OCC(COC(=O)CCCCCCCCCCCCCCCCCCC)OC(=O)CCCCCCCCCCC/C=C\CCCCCCCCCC. The second-order valence-electron chi connectivity index (χ2n) is 25.9. The molecule has 0 aromatic heterocycles. The fourth-order valence-corrected chi connectivity index (χ4v) is 11.7. The smallest absolute Gasteiger partial charge is 0.306 e. The Kier molecular flexibility index (Phi) is 70.5. The third-order valence-electron chi connectivity index (χ3n) is 17.4. The molecule has 0 aliphatic carbocycles. The van der Waals surface area contributed by atoms with Crippen LogP contribution in [0.25, 0.3) is 0 Å². The van der Waals surface area contributed by atoms with E-state index in [1.54, 1.807) is 0 Å². The minimum atomic E-state index is -0.770. The summed E-state index contributed by atoms with van der Waals surface area (Å²) in [5.74, 6) is -0.830. The summed E-state index contributed by atoms with van der Waals surface area (Å²) in [5, 5.41) is 0. The highest BCUT2D eigenvalue weighted by molar-refractivity contribution is 5.71. The van der Waals surface area contributed by atoms with Crippen LogP contribution in [0.5, 0.6) is 0 Å². The summed E-state index contributed by atoms with van der Waals surface area (Å²) in [6, 6.07) is 0. The number of rotatable bonds is 71. The maximum atomic E-state index is 13.0. The largest absolute Gasteiger partial charge is 0.462 e. The van der Waals surface area contributed by atoms with E-state index in [0.717, 1.165) is 57.8 Å². The predicted molar refractivity (Wildman–Crippen MR) is 363 cm³/mol. The molecule has 0 aliphatic rings. The van der Waals surface area contributed by atoms with Crippen molar-refractivity contribution < 1.29 is 28.6 Å². The van der Waals surface area contributed by atoms with Crippen molar-refractivity contribution in [2.45, 2.75) is 438 Å². The number of esters is 3. The Labute approximate surface area is 519 Å². The van der Waals surface area contributed by atoms with Gasteiger partial charge in [-0.1, -0.05) is 366 Å². The number of unbranched alkanes of at least 4 members (excludes halogenated alkanes) is 56. The molecule has 490 valence electrons. The molecule has 1 unspecified atom stereocenters. The first-order chi connectivity index (χ1) is 41.0. The second-order valence-corrected chi connectivity index (χ2v) is 25.9. The minimum Gasteiger partial charge on any atom is -0.462 e. The Balaban J connectivity index is 4.25. The average Bonchev–Trinajstić information content (AvgIpc) is 3.49. The van der Waals surface area contributed by atoms with Gasteiger partial charge in [0, 0.05) is 19.3 Å². The lowest BCUT2D eigenvalue weighted by Gasteiger charge is -2.18. The lowest BCUT2D eigenvalue weighted by Crippen LogP contribution is -2.30. The summed E-state index contributed by atoms with van der Waals surface area (Å²) >= 11 is 0. The lowest BCUT2D eigenvalue weighted by molar-refractivity contribution is -0.167. The van der Waals surface area contributed by atoms with Gasteiger partial charge in [0.25, 0.3) is 0 Å². The van der Waals surface area contributed by atoms with Crippen LogP contribution in [0.3, 0.4) is 0 Å². The van der Waals surface area contributed by atoms with E-state index in [9.17, 15) is 14.4 Å². The van der Waals surface area contributed by atoms with Crippen molar-refractivity contribution in [3.8, 4) is 0 Å². The number of ether oxygens (including phenoxy) is 3. The minimum absolute atomic E-state index is 0.0653. The molecule has 0 amide bonds. The van der Waals surface area contributed by atoms with E-state index in [2.05, 4.69) is 45.1 Å². The molecule has 0 spiro atoms. The molecule has 0 fully saturated rings. The van der Waals surface area contributed by atoms with Crippen LogP contribution in [-0.2, 0) is 28.6 Å². The fourth-order valence-electron chi connectivity index (χ4n) is 11.7. The van der Waals surface area contributed by atoms with E-state index in [1.807, 2.05) is 0 Å². The molecule has 0 bridgehead atoms. The summed E-state index contributed by atoms with van der Waals surface area (Å²) in [4.78, 5) is 38.5. The van der Waals surface area contributed by atoms with E-state index < -0.39 is 6.10 Å². The molecule has 0 saturated carbocycles. The number of carbonyl (C=O) groups is 3. The molecular weight excluding hydrogens is 1020 g/mol. The quantitative estimate of drug-likeness (QED) is 0.0261. The van der Waals surface area contributed by atoms with Gasteiger partial charge >= 0.3 is 17.9 Å². The average molecular weight is 1170 g/mol. The van der Waals surface area contributed by atoms with Crippen molar-refractivity contribution in [3.05, 3.63) is 24.3 Å². The Bertz CT molecular complexity index is 1340. The van der Waals surface area contributed by atoms with Crippen LogP contribution in [-0.4, -0.2) is 37.2 Å². The molecule has 6 nitrogen and oxygen atoms in total.